The van der Waals surface area contributed by atoms with Gasteiger partial charge in [-0.2, -0.15) is 13.2 Å². The van der Waals surface area contributed by atoms with Gasteiger partial charge in [-0.25, -0.2) is 13.6 Å². The molecule has 4 aliphatic rings. The van der Waals surface area contributed by atoms with Crippen molar-refractivity contribution in [2.24, 2.45) is 23.5 Å². The Morgan fingerprint density at radius 3 is 1.79 bits per heavy atom. The first-order chi connectivity index (χ1) is 48.2. The van der Waals surface area contributed by atoms with E-state index in [1.54, 1.807) is 52.1 Å². The van der Waals surface area contributed by atoms with Crippen LogP contribution in [0.25, 0.3) is 0 Å². The van der Waals surface area contributed by atoms with Crippen LogP contribution >= 0.6 is 0 Å². The molecule has 2 aromatic rings. The minimum atomic E-state index is -5.36. The van der Waals surface area contributed by atoms with Crippen molar-refractivity contribution in [3.05, 3.63) is 70.3 Å². The minimum Gasteiger partial charge on any atom is -0.480 e. The average Bonchev–Trinajstić information content (AvgIpc) is 1.78. The first kappa shape index (κ1) is 83.6. The van der Waals surface area contributed by atoms with Crippen LogP contribution in [0.2, 0.25) is 0 Å². The van der Waals surface area contributed by atoms with Gasteiger partial charge in [0, 0.05) is 75.4 Å². The molecule has 0 unspecified atom stereocenters. The van der Waals surface area contributed by atoms with Gasteiger partial charge in [-0.05, 0) is 126 Å². The Kier molecular flexibility index (Phi) is 29.2. The molecule has 2 saturated heterocycles. The SMILES string of the molecule is CC[C@H](C)[C@H](NC(=O)[C@H](CC(C)C)N(C)C(=O)C[C@@H](C(=O)N(C)C)N(C)C(=O)[C@H](C1CCCC1)N(C)C(=O)C1(N)CCCC1)C(=O)N(C)[C@@H](C)C(=O)N1CC[C@H]1C(=O)N(CC)[C@@H](Cc1ccc(C)cc1)C(=O)N(C)CC(=O)N[C@@H](CCc1cc(F)c(C(F)(F)F)c(F)c1)C(=O)N1CCC[C@H]1C(=O)O. The maximum absolute atomic E-state index is 15.0. The summed E-state index contributed by atoms with van der Waals surface area (Å²) in [5.74, 6) is -13.5. The number of likely N-dealkylation sites (N-methyl/N-ethyl adjacent to an activating group) is 7. The van der Waals surface area contributed by atoms with Gasteiger partial charge in [0.05, 0.1) is 18.5 Å². The molecule has 0 aromatic heterocycles. The quantitative estimate of drug-likeness (QED) is 0.0689. The van der Waals surface area contributed by atoms with Crippen LogP contribution in [-0.4, -0.2) is 256 Å². The summed E-state index contributed by atoms with van der Waals surface area (Å²) < 4.78 is 69.7. The number of carboxylic acids is 1. The molecule has 5 N–H and O–H groups in total. The van der Waals surface area contributed by atoms with E-state index in [0.29, 0.717) is 49.8 Å². The summed E-state index contributed by atoms with van der Waals surface area (Å²) >= 11 is 0. The molecule has 6 rings (SSSR count). The Hall–Kier alpha value is -8.31. The fourth-order valence-electron chi connectivity index (χ4n) is 14.6. The molecule has 25 nitrogen and oxygen atoms in total. The molecule has 103 heavy (non-hydrogen) atoms. The standard InChI is InChI=1S/C73H107F5N12O13/c1-15-44(6)60(81-62(93)54(36-42(3)4)85(12)58(92)40-55(65(96)82(8)9)86(13)69(100)61(48-22-17-18-23-48)87(14)71(103)72(79)32-19-20-33-72)68(99)84(11)45(7)63(94)90-35-31-52(90)67(98)88(16-2)56(39-46-27-25-43(5)26-28-46)66(97)83(10)41-57(91)80-51(64(95)89-34-21-24-53(89)70(101)102)30-29-47-37-49(74)59(50(75)38-47)73(76,77)78/h25-28,37-38,42,44-45,48,51-56,60-61H,15-24,29-36,39-41,79H2,1-14H3,(H,80,91)(H,81,93)(H,101,102)/t44-,45-,51-,52-,53-,54-,55-,56-,60-,61-/m0/s1. The number of hydrogen-bond donors (Lipinski definition) is 4. The van der Waals surface area contributed by atoms with Crippen molar-refractivity contribution in [2.75, 3.05) is 75.5 Å². The van der Waals surface area contributed by atoms with E-state index in [9.17, 15) is 84.6 Å². The molecular formula is C73H107F5N12O13. The summed E-state index contributed by atoms with van der Waals surface area (Å²) in [5.41, 5.74) is 4.58. The van der Waals surface area contributed by atoms with E-state index in [0.717, 1.165) is 41.0 Å². The number of aliphatic carboxylic acids is 1. The van der Waals surface area contributed by atoms with Crippen LogP contribution in [0, 0.1) is 36.3 Å². The number of alkyl halides is 3. The van der Waals surface area contributed by atoms with E-state index in [1.165, 1.54) is 83.5 Å². The first-order valence-corrected chi connectivity index (χ1v) is 35.9. The molecule has 2 aromatic carbocycles. The molecule has 2 aliphatic heterocycles. The van der Waals surface area contributed by atoms with Crippen molar-refractivity contribution < 1.29 is 84.6 Å². The Morgan fingerprint density at radius 2 is 1.26 bits per heavy atom. The zero-order valence-corrected chi connectivity index (χ0v) is 62.1. The molecule has 10 atom stereocenters. The van der Waals surface area contributed by atoms with E-state index < -0.39 is 180 Å². The van der Waals surface area contributed by atoms with Gasteiger partial charge < -0.3 is 65.6 Å². The van der Waals surface area contributed by atoms with Gasteiger partial charge in [0.15, 0.2) is 0 Å². The molecule has 4 fully saturated rings. The van der Waals surface area contributed by atoms with E-state index in [1.807, 2.05) is 20.8 Å². The Bertz CT molecular complexity index is 3400. The molecular weight excluding hydrogens is 1350 g/mol. The molecule has 572 valence electrons. The Balaban J connectivity index is 1.18. The van der Waals surface area contributed by atoms with Gasteiger partial charge in [0.25, 0.3) is 0 Å². The van der Waals surface area contributed by atoms with E-state index in [-0.39, 0.29) is 75.0 Å². The first-order valence-electron chi connectivity index (χ1n) is 35.9. The van der Waals surface area contributed by atoms with Crippen molar-refractivity contribution in [1.82, 2.24) is 54.7 Å². The van der Waals surface area contributed by atoms with Gasteiger partial charge in [0.2, 0.25) is 65.0 Å². The second kappa shape index (κ2) is 35.9. The Labute approximate surface area is 601 Å². The van der Waals surface area contributed by atoms with Gasteiger partial charge in [-0.1, -0.05) is 89.6 Å². The predicted molar refractivity (Wildman–Crippen MR) is 371 cm³/mol. The minimum absolute atomic E-state index is 0.0353. The summed E-state index contributed by atoms with van der Waals surface area (Å²) in [6.45, 7) is 11.4. The summed E-state index contributed by atoms with van der Waals surface area (Å²) in [4.78, 5) is 183. The second-order valence-corrected chi connectivity index (χ2v) is 29.3. The van der Waals surface area contributed by atoms with Crippen LogP contribution < -0.4 is 16.4 Å². The van der Waals surface area contributed by atoms with Crippen LogP contribution in [0.1, 0.15) is 160 Å². The van der Waals surface area contributed by atoms with E-state index >= 15 is 0 Å². The van der Waals surface area contributed by atoms with Crippen LogP contribution in [-0.2, 0) is 76.6 Å². The molecule has 2 heterocycles. The van der Waals surface area contributed by atoms with Crippen molar-refractivity contribution in [3.8, 4) is 0 Å². The van der Waals surface area contributed by atoms with Crippen molar-refractivity contribution in [2.45, 2.75) is 224 Å². The third-order valence-electron chi connectivity index (χ3n) is 21.3. The fraction of sp³-hybridized carbons (Fsp3) is 0.671. The molecule has 2 aliphatic carbocycles. The summed E-state index contributed by atoms with van der Waals surface area (Å²) in [6.07, 6.45) is -0.412. The monoisotopic (exact) mass is 1450 g/mol. The summed E-state index contributed by atoms with van der Waals surface area (Å²) in [5, 5.41) is 15.3. The molecule has 30 heteroatoms. The lowest BCUT2D eigenvalue weighted by molar-refractivity contribution is -0.161. The smallest absolute Gasteiger partial charge is 0.422 e. The number of halogens is 5. The van der Waals surface area contributed by atoms with Crippen molar-refractivity contribution >= 4 is 70.9 Å². The lowest BCUT2D eigenvalue weighted by atomic mass is 9.91. The van der Waals surface area contributed by atoms with Gasteiger partial charge in [0.1, 0.15) is 71.6 Å². The third-order valence-corrected chi connectivity index (χ3v) is 21.3. The van der Waals surface area contributed by atoms with Crippen LogP contribution in [0.3, 0.4) is 0 Å². The number of nitrogens with one attached hydrogen (secondary N) is 2. The highest BCUT2D eigenvalue weighted by Crippen LogP contribution is 2.37. The fourth-order valence-corrected chi connectivity index (χ4v) is 14.6. The van der Waals surface area contributed by atoms with Gasteiger partial charge in [-0.3, -0.25) is 52.7 Å². The molecule has 0 spiro atoms. The zero-order chi connectivity index (χ0) is 77.0. The number of hydrogen-bond acceptors (Lipinski definition) is 13. The summed E-state index contributed by atoms with van der Waals surface area (Å²) in [6, 6.07) is -3.37. The number of nitrogens with zero attached hydrogens (tertiary/aromatic N) is 9. The number of likely N-dealkylation sites (tertiary alicyclic amines) is 2. The van der Waals surface area contributed by atoms with Crippen molar-refractivity contribution in [1.29, 1.82) is 0 Å². The number of amides is 11. The predicted octanol–water partition coefficient (Wildman–Crippen LogP) is 5.15. The van der Waals surface area contributed by atoms with E-state index in [2.05, 4.69) is 10.6 Å². The number of carboxylic acid groups (broad SMARTS) is 1. The largest absolute Gasteiger partial charge is 0.480 e. The third kappa shape index (κ3) is 20.2. The molecule has 0 radical (unpaired) electrons. The number of carbonyl (C=O) groups excluding carboxylic acids is 11. The van der Waals surface area contributed by atoms with Crippen LogP contribution in [0.5, 0.6) is 0 Å². The van der Waals surface area contributed by atoms with Crippen LogP contribution in [0.15, 0.2) is 36.4 Å². The topological polar surface area (TPSA) is 304 Å². The number of rotatable bonds is 32. The number of benzene rings is 2. The number of nitrogens with two attached hydrogens (primary N) is 1. The second-order valence-electron chi connectivity index (χ2n) is 29.3. The van der Waals surface area contributed by atoms with Gasteiger partial charge in [-0.15, -0.1) is 0 Å². The lowest BCUT2D eigenvalue weighted by Crippen LogP contribution is -2.65. The molecule has 0 bridgehead atoms. The Morgan fingerprint density at radius 1 is 0.670 bits per heavy atom. The highest BCUT2D eigenvalue weighted by Gasteiger charge is 2.50. The number of aryl methyl sites for hydroxylation is 2. The van der Waals surface area contributed by atoms with Crippen LogP contribution in [0.4, 0.5) is 22.0 Å². The number of carbonyl (C=O) groups is 12. The lowest BCUT2D eigenvalue weighted by Gasteiger charge is -2.45. The highest BCUT2D eigenvalue weighted by molar-refractivity contribution is 6.00. The van der Waals surface area contributed by atoms with E-state index in [4.69, 9.17) is 5.73 Å². The normalized spacial score (nSPS) is 19.0. The maximum Gasteiger partial charge on any atom is 0.422 e. The maximum atomic E-state index is 15.0. The highest BCUT2D eigenvalue weighted by atomic mass is 19.4. The summed E-state index contributed by atoms with van der Waals surface area (Å²) in [7, 11) is 10.1. The van der Waals surface area contributed by atoms with Crippen molar-refractivity contribution in [3.63, 3.8) is 0 Å². The molecule has 2 saturated carbocycles. The van der Waals surface area contributed by atoms with Gasteiger partial charge >= 0.3 is 12.1 Å². The molecule has 11 amide bonds. The zero-order valence-electron chi connectivity index (χ0n) is 62.1. The average molecular weight is 1460 g/mol.